The first kappa shape index (κ1) is 19.0. The Hall–Kier alpha value is -2.38. The second-order valence-corrected chi connectivity index (χ2v) is 7.77. The lowest BCUT2D eigenvalue weighted by molar-refractivity contribution is -0.117. The zero-order valence-electron chi connectivity index (χ0n) is 14.2. The lowest BCUT2D eigenvalue weighted by Gasteiger charge is -2.12. The van der Waals surface area contributed by atoms with Gasteiger partial charge in [-0.2, -0.15) is 0 Å². The first-order valence-corrected chi connectivity index (χ1v) is 9.83. The Morgan fingerprint density at radius 3 is 2.44 bits per heavy atom. The normalized spacial score (nSPS) is 12.4. The maximum atomic E-state index is 11.9. The number of nitrogens with two attached hydrogens (primary N) is 1. The molecule has 0 heterocycles. The third-order valence-corrected chi connectivity index (χ3v) is 4.64. The van der Waals surface area contributed by atoms with Crippen molar-refractivity contribution >= 4 is 21.4 Å². The summed E-state index contributed by atoms with van der Waals surface area (Å²) in [6.07, 6.45) is 2.62. The van der Waals surface area contributed by atoms with Crippen molar-refractivity contribution in [3.63, 3.8) is 0 Å². The minimum Gasteiger partial charge on any atom is -0.457 e. The molecule has 2 aromatic rings. The Bertz CT molecular complexity index is 832. The number of ether oxygens (including phenoxy) is 1. The van der Waals surface area contributed by atoms with Crippen LogP contribution in [0.2, 0.25) is 0 Å². The second kappa shape index (κ2) is 8.13. The van der Waals surface area contributed by atoms with Crippen LogP contribution in [-0.4, -0.2) is 26.6 Å². The van der Waals surface area contributed by atoms with E-state index < -0.39 is 15.9 Å². The van der Waals surface area contributed by atoms with E-state index in [1.807, 2.05) is 6.92 Å². The first-order chi connectivity index (χ1) is 11.8. The van der Waals surface area contributed by atoms with Crippen LogP contribution in [0.3, 0.4) is 0 Å². The van der Waals surface area contributed by atoms with Crippen molar-refractivity contribution < 1.29 is 17.9 Å². The summed E-state index contributed by atoms with van der Waals surface area (Å²) in [5.41, 5.74) is 6.39. The summed E-state index contributed by atoms with van der Waals surface area (Å²) in [6, 6.07) is 12.5. The summed E-state index contributed by atoms with van der Waals surface area (Å²) >= 11 is 0. The van der Waals surface area contributed by atoms with Crippen LogP contribution in [-0.2, 0) is 14.6 Å². The maximum Gasteiger partial charge on any atom is 0.241 e. The van der Waals surface area contributed by atoms with Gasteiger partial charge in [0.15, 0.2) is 9.84 Å². The van der Waals surface area contributed by atoms with Gasteiger partial charge in [0.1, 0.15) is 11.5 Å². The van der Waals surface area contributed by atoms with E-state index in [0.717, 1.165) is 12.7 Å². The van der Waals surface area contributed by atoms with E-state index >= 15 is 0 Å². The zero-order chi connectivity index (χ0) is 18.4. The molecule has 0 aliphatic heterocycles. The van der Waals surface area contributed by atoms with Gasteiger partial charge in [-0.05, 0) is 48.9 Å². The fourth-order valence-corrected chi connectivity index (χ4v) is 2.84. The lowest BCUT2D eigenvalue weighted by Crippen LogP contribution is -2.35. The highest BCUT2D eigenvalue weighted by atomic mass is 32.2. The largest absolute Gasteiger partial charge is 0.457 e. The molecule has 134 valence electrons. The van der Waals surface area contributed by atoms with Crippen LogP contribution in [0.4, 0.5) is 5.69 Å². The number of amides is 1. The van der Waals surface area contributed by atoms with Gasteiger partial charge in [-0.25, -0.2) is 8.42 Å². The monoisotopic (exact) mass is 362 g/mol. The van der Waals surface area contributed by atoms with Gasteiger partial charge in [0, 0.05) is 11.9 Å². The highest BCUT2D eigenvalue weighted by molar-refractivity contribution is 7.90. The van der Waals surface area contributed by atoms with E-state index in [2.05, 4.69) is 5.32 Å². The Labute approximate surface area is 147 Å². The van der Waals surface area contributed by atoms with Crippen molar-refractivity contribution in [2.24, 2.45) is 5.73 Å². The summed E-state index contributed by atoms with van der Waals surface area (Å²) in [6.45, 7) is 1.97. The van der Waals surface area contributed by atoms with E-state index in [1.54, 1.807) is 36.4 Å². The molecule has 0 saturated carbocycles. The topological polar surface area (TPSA) is 98.5 Å². The maximum absolute atomic E-state index is 11.9. The quantitative estimate of drug-likeness (QED) is 0.789. The lowest BCUT2D eigenvalue weighted by atomic mass is 10.1. The molecule has 0 aromatic heterocycles. The Morgan fingerprint density at radius 2 is 1.84 bits per heavy atom. The molecular formula is C18H22N2O4S. The molecule has 0 fully saturated rings. The molecule has 0 bridgehead atoms. The van der Waals surface area contributed by atoms with Crippen molar-refractivity contribution in [2.75, 3.05) is 11.6 Å². The van der Waals surface area contributed by atoms with Crippen molar-refractivity contribution in [3.05, 3.63) is 48.5 Å². The Balaban J connectivity index is 2.05. The molecule has 7 heteroatoms. The molecule has 6 nitrogen and oxygen atoms in total. The van der Waals surface area contributed by atoms with E-state index in [1.165, 1.54) is 12.1 Å². The first-order valence-electron chi connectivity index (χ1n) is 7.94. The van der Waals surface area contributed by atoms with Gasteiger partial charge < -0.3 is 15.8 Å². The van der Waals surface area contributed by atoms with E-state index in [4.69, 9.17) is 10.5 Å². The average molecular weight is 362 g/mol. The predicted molar refractivity (Wildman–Crippen MR) is 97.6 cm³/mol. The van der Waals surface area contributed by atoms with Gasteiger partial charge in [-0.3, -0.25) is 4.79 Å². The number of hydrogen-bond donors (Lipinski definition) is 2. The average Bonchev–Trinajstić information content (AvgIpc) is 2.56. The molecular weight excluding hydrogens is 340 g/mol. The molecule has 25 heavy (non-hydrogen) atoms. The Kier molecular flexibility index (Phi) is 6.17. The number of carbonyl (C=O) groups is 1. The van der Waals surface area contributed by atoms with Gasteiger partial charge in [-0.15, -0.1) is 0 Å². The van der Waals surface area contributed by atoms with Crippen LogP contribution in [0.5, 0.6) is 11.5 Å². The van der Waals surface area contributed by atoms with Gasteiger partial charge >= 0.3 is 0 Å². The predicted octanol–water partition coefficient (Wildman–Crippen LogP) is 2.95. The summed E-state index contributed by atoms with van der Waals surface area (Å²) < 4.78 is 28.8. The smallest absolute Gasteiger partial charge is 0.241 e. The summed E-state index contributed by atoms with van der Waals surface area (Å²) in [4.78, 5) is 12.1. The van der Waals surface area contributed by atoms with Gasteiger partial charge in [0.25, 0.3) is 0 Å². The molecule has 1 unspecified atom stereocenters. The third-order valence-electron chi connectivity index (χ3n) is 3.53. The molecule has 2 aromatic carbocycles. The fourth-order valence-electron chi connectivity index (χ4n) is 2.19. The zero-order valence-corrected chi connectivity index (χ0v) is 15.0. The number of anilines is 1. The third kappa shape index (κ3) is 5.58. The van der Waals surface area contributed by atoms with Crippen LogP contribution in [0.15, 0.2) is 53.4 Å². The van der Waals surface area contributed by atoms with Crippen molar-refractivity contribution in [3.8, 4) is 11.5 Å². The molecule has 1 atom stereocenters. The standard InChI is InChI=1S/C18H22N2O4S/c1-3-5-17(19)18(21)20-13-8-10-14(11-9-13)24-15-6-4-7-16(12-15)25(2,22)23/h4,6-12,17H,3,5,19H2,1-2H3,(H,20,21). The molecule has 2 rings (SSSR count). The number of sulfone groups is 1. The van der Waals surface area contributed by atoms with Crippen molar-refractivity contribution in [1.29, 1.82) is 0 Å². The van der Waals surface area contributed by atoms with Gasteiger partial charge in [0.05, 0.1) is 10.9 Å². The van der Waals surface area contributed by atoms with Crippen molar-refractivity contribution in [1.82, 2.24) is 0 Å². The van der Waals surface area contributed by atoms with E-state index in [0.29, 0.717) is 23.6 Å². The highest BCUT2D eigenvalue weighted by Gasteiger charge is 2.12. The molecule has 0 aliphatic rings. The number of rotatable bonds is 7. The molecule has 0 radical (unpaired) electrons. The molecule has 1 amide bonds. The summed E-state index contributed by atoms with van der Waals surface area (Å²) in [5, 5.41) is 2.75. The van der Waals surface area contributed by atoms with E-state index in [-0.39, 0.29) is 10.8 Å². The van der Waals surface area contributed by atoms with Crippen LogP contribution in [0, 0.1) is 0 Å². The number of benzene rings is 2. The van der Waals surface area contributed by atoms with Crippen LogP contribution >= 0.6 is 0 Å². The van der Waals surface area contributed by atoms with Gasteiger partial charge in [0.2, 0.25) is 5.91 Å². The SMILES string of the molecule is CCCC(N)C(=O)Nc1ccc(Oc2cccc(S(C)(=O)=O)c2)cc1. The van der Waals surface area contributed by atoms with Crippen LogP contribution in [0.25, 0.3) is 0 Å². The van der Waals surface area contributed by atoms with E-state index in [9.17, 15) is 13.2 Å². The van der Waals surface area contributed by atoms with Crippen LogP contribution < -0.4 is 15.8 Å². The minimum atomic E-state index is -3.29. The molecule has 0 saturated heterocycles. The minimum absolute atomic E-state index is 0.193. The molecule has 0 spiro atoms. The molecule has 0 aliphatic carbocycles. The number of nitrogens with one attached hydrogen (secondary N) is 1. The van der Waals surface area contributed by atoms with Crippen molar-refractivity contribution in [2.45, 2.75) is 30.7 Å². The number of hydrogen-bond acceptors (Lipinski definition) is 5. The van der Waals surface area contributed by atoms with Crippen LogP contribution in [0.1, 0.15) is 19.8 Å². The van der Waals surface area contributed by atoms with Gasteiger partial charge in [-0.1, -0.05) is 19.4 Å². The highest BCUT2D eigenvalue weighted by Crippen LogP contribution is 2.25. The number of carbonyl (C=O) groups excluding carboxylic acids is 1. The Morgan fingerprint density at radius 1 is 1.16 bits per heavy atom. The second-order valence-electron chi connectivity index (χ2n) is 5.76. The fraction of sp³-hybridized carbons (Fsp3) is 0.278. The summed E-state index contributed by atoms with van der Waals surface area (Å²) in [7, 11) is -3.29. The molecule has 3 N–H and O–H groups in total. The summed E-state index contributed by atoms with van der Waals surface area (Å²) in [5.74, 6) is 0.725.